The van der Waals surface area contributed by atoms with E-state index in [0.29, 0.717) is 23.0 Å². The van der Waals surface area contributed by atoms with Crippen LogP contribution in [0.1, 0.15) is 5.56 Å². The van der Waals surface area contributed by atoms with Gasteiger partial charge >= 0.3 is 0 Å². The summed E-state index contributed by atoms with van der Waals surface area (Å²) in [6, 6.07) is 5.48. The van der Waals surface area contributed by atoms with Crippen LogP contribution in [0.4, 0.5) is 5.69 Å². The van der Waals surface area contributed by atoms with E-state index in [9.17, 15) is 0 Å². The number of anilines is 1. The Morgan fingerprint density at radius 2 is 2.22 bits per heavy atom. The molecule has 0 fully saturated rings. The van der Waals surface area contributed by atoms with E-state index >= 15 is 0 Å². The van der Waals surface area contributed by atoms with Crippen LogP contribution in [0, 0.1) is 6.92 Å². The molecule has 18 heavy (non-hydrogen) atoms. The molecule has 3 rings (SSSR count). The third-order valence-corrected chi connectivity index (χ3v) is 2.60. The van der Waals surface area contributed by atoms with Crippen LogP contribution in [0.2, 0.25) is 0 Å². The highest BCUT2D eigenvalue weighted by molar-refractivity contribution is 5.53. The molecular formula is C12H11N5O. The monoisotopic (exact) mass is 241 g/mol. The van der Waals surface area contributed by atoms with Gasteiger partial charge in [-0.05, 0) is 18.6 Å². The largest absolute Gasteiger partial charge is 0.436 e. The molecule has 3 aromatic rings. The summed E-state index contributed by atoms with van der Waals surface area (Å²) in [7, 11) is 0. The van der Waals surface area contributed by atoms with E-state index in [1.165, 1.54) is 0 Å². The van der Waals surface area contributed by atoms with Crippen LogP contribution >= 0.6 is 0 Å². The molecule has 1 aromatic carbocycles. The van der Waals surface area contributed by atoms with Crippen molar-refractivity contribution in [2.24, 2.45) is 0 Å². The molecule has 90 valence electrons. The van der Waals surface area contributed by atoms with Gasteiger partial charge in [-0.25, -0.2) is 4.98 Å². The number of aryl methyl sites for hydroxylation is 1. The lowest BCUT2D eigenvalue weighted by Gasteiger charge is -2.08. The second kappa shape index (κ2) is 3.99. The van der Waals surface area contributed by atoms with Crippen molar-refractivity contribution >= 4 is 11.3 Å². The summed E-state index contributed by atoms with van der Waals surface area (Å²) >= 11 is 0. The van der Waals surface area contributed by atoms with Gasteiger partial charge in [0.2, 0.25) is 5.65 Å². The Kier molecular flexibility index (Phi) is 2.33. The van der Waals surface area contributed by atoms with Crippen molar-refractivity contribution in [3.8, 4) is 11.6 Å². The highest BCUT2D eigenvalue weighted by Crippen LogP contribution is 2.27. The molecule has 2 heterocycles. The summed E-state index contributed by atoms with van der Waals surface area (Å²) in [5.41, 5.74) is 7.93. The molecule has 6 heteroatoms. The summed E-state index contributed by atoms with van der Waals surface area (Å²) in [5.74, 6) is 1.07. The van der Waals surface area contributed by atoms with Crippen molar-refractivity contribution in [2.45, 2.75) is 6.92 Å². The van der Waals surface area contributed by atoms with E-state index in [4.69, 9.17) is 10.5 Å². The highest BCUT2D eigenvalue weighted by Gasteiger charge is 2.09. The Balaban J connectivity index is 2.06. The molecule has 2 N–H and O–H groups in total. The topological polar surface area (TPSA) is 78.3 Å². The maximum atomic E-state index is 5.75. The van der Waals surface area contributed by atoms with Crippen molar-refractivity contribution < 1.29 is 4.74 Å². The molecule has 0 spiro atoms. The van der Waals surface area contributed by atoms with Crippen molar-refractivity contribution in [1.29, 1.82) is 0 Å². The van der Waals surface area contributed by atoms with Crippen LogP contribution in [0.3, 0.4) is 0 Å². The first kappa shape index (κ1) is 10.5. The molecule has 0 saturated heterocycles. The first-order chi connectivity index (χ1) is 8.74. The second-order valence-corrected chi connectivity index (χ2v) is 3.92. The Morgan fingerprint density at radius 1 is 1.33 bits per heavy atom. The molecule has 0 aliphatic heterocycles. The van der Waals surface area contributed by atoms with Crippen LogP contribution in [-0.4, -0.2) is 19.6 Å². The Labute approximate surface area is 103 Å². The summed E-state index contributed by atoms with van der Waals surface area (Å²) in [6.45, 7) is 1.94. The van der Waals surface area contributed by atoms with E-state index in [1.54, 1.807) is 29.2 Å². The molecule has 0 radical (unpaired) electrons. The number of hydrogen-bond donors (Lipinski definition) is 1. The fraction of sp³-hybridized carbons (Fsp3) is 0.0833. The predicted molar refractivity (Wildman–Crippen MR) is 66.4 cm³/mol. The van der Waals surface area contributed by atoms with Gasteiger partial charge in [-0.2, -0.15) is 0 Å². The molecule has 0 bridgehead atoms. The van der Waals surface area contributed by atoms with Crippen molar-refractivity contribution in [2.75, 3.05) is 5.73 Å². The number of rotatable bonds is 2. The predicted octanol–water partition coefficient (Wildman–Crippen LogP) is 1.81. The summed E-state index contributed by atoms with van der Waals surface area (Å²) in [4.78, 5) is 4.16. The van der Waals surface area contributed by atoms with Crippen LogP contribution < -0.4 is 10.5 Å². The standard InChI is InChI=1S/C12H11N5O/c1-8-2-3-9(13)6-10(8)18-12-11-16-15-7-17(11)5-4-14-12/h2-7H,13H2,1H3. The normalized spacial score (nSPS) is 10.7. The van der Waals surface area contributed by atoms with Gasteiger partial charge in [-0.15, -0.1) is 10.2 Å². The number of nitrogens with zero attached hydrogens (tertiary/aromatic N) is 4. The molecule has 0 aliphatic carbocycles. The Morgan fingerprint density at radius 3 is 3.11 bits per heavy atom. The van der Waals surface area contributed by atoms with E-state index in [1.807, 2.05) is 19.1 Å². The molecule has 0 saturated carbocycles. The maximum Gasteiger partial charge on any atom is 0.265 e. The van der Waals surface area contributed by atoms with Crippen LogP contribution in [0.25, 0.3) is 5.65 Å². The molecule has 0 unspecified atom stereocenters. The lowest BCUT2D eigenvalue weighted by molar-refractivity contribution is 0.461. The van der Waals surface area contributed by atoms with E-state index in [0.717, 1.165) is 5.56 Å². The third-order valence-electron chi connectivity index (χ3n) is 2.60. The van der Waals surface area contributed by atoms with Crippen LogP contribution in [0.5, 0.6) is 11.6 Å². The number of benzene rings is 1. The number of fused-ring (bicyclic) bond motifs is 1. The summed E-state index contributed by atoms with van der Waals surface area (Å²) in [6.07, 6.45) is 4.98. The number of nitrogen functional groups attached to an aromatic ring is 1. The van der Waals surface area contributed by atoms with Crippen molar-refractivity contribution in [3.05, 3.63) is 42.5 Å². The van der Waals surface area contributed by atoms with Gasteiger partial charge in [0.05, 0.1) is 0 Å². The van der Waals surface area contributed by atoms with Gasteiger partial charge in [0.1, 0.15) is 12.1 Å². The van der Waals surface area contributed by atoms with Gasteiger partial charge in [-0.1, -0.05) is 6.07 Å². The van der Waals surface area contributed by atoms with Gasteiger partial charge < -0.3 is 10.5 Å². The molecular weight excluding hydrogens is 230 g/mol. The lowest BCUT2D eigenvalue weighted by Crippen LogP contribution is -1.95. The SMILES string of the molecule is Cc1ccc(N)cc1Oc1nccn2cnnc12. The summed E-state index contributed by atoms with van der Waals surface area (Å²) in [5, 5.41) is 7.77. The van der Waals surface area contributed by atoms with E-state index < -0.39 is 0 Å². The molecule has 0 amide bonds. The zero-order chi connectivity index (χ0) is 12.5. The molecule has 0 aliphatic rings. The fourth-order valence-electron chi connectivity index (χ4n) is 1.64. The fourth-order valence-corrected chi connectivity index (χ4v) is 1.64. The number of hydrogen-bond acceptors (Lipinski definition) is 5. The average molecular weight is 241 g/mol. The highest BCUT2D eigenvalue weighted by atomic mass is 16.5. The van der Waals surface area contributed by atoms with Gasteiger partial charge in [-0.3, -0.25) is 4.40 Å². The smallest absolute Gasteiger partial charge is 0.265 e. The molecule has 6 nitrogen and oxygen atoms in total. The maximum absolute atomic E-state index is 5.75. The lowest BCUT2D eigenvalue weighted by atomic mass is 10.2. The van der Waals surface area contributed by atoms with Gasteiger partial charge in [0.25, 0.3) is 5.88 Å². The Hall–Kier alpha value is -2.63. The first-order valence-electron chi connectivity index (χ1n) is 5.42. The van der Waals surface area contributed by atoms with Crippen LogP contribution in [-0.2, 0) is 0 Å². The zero-order valence-electron chi connectivity index (χ0n) is 9.74. The van der Waals surface area contributed by atoms with Gasteiger partial charge in [0.15, 0.2) is 0 Å². The van der Waals surface area contributed by atoms with E-state index in [-0.39, 0.29) is 0 Å². The van der Waals surface area contributed by atoms with Crippen LogP contribution in [0.15, 0.2) is 36.9 Å². The first-order valence-corrected chi connectivity index (χ1v) is 5.42. The summed E-state index contributed by atoms with van der Waals surface area (Å²) < 4.78 is 7.49. The zero-order valence-corrected chi connectivity index (χ0v) is 9.74. The average Bonchev–Trinajstić information content (AvgIpc) is 2.83. The third kappa shape index (κ3) is 1.73. The van der Waals surface area contributed by atoms with E-state index in [2.05, 4.69) is 15.2 Å². The quantitative estimate of drug-likeness (QED) is 0.692. The number of nitrogens with two attached hydrogens (primary N) is 1. The Bertz CT molecular complexity index is 707. The second-order valence-electron chi connectivity index (χ2n) is 3.92. The molecule has 2 aromatic heterocycles. The molecule has 0 atom stereocenters. The minimum atomic E-state index is 0.406. The van der Waals surface area contributed by atoms with Crippen molar-refractivity contribution in [3.63, 3.8) is 0 Å². The minimum Gasteiger partial charge on any atom is -0.436 e. The number of ether oxygens (including phenoxy) is 1. The number of aromatic nitrogens is 4. The van der Waals surface area contributed by atoms with Crippen molar-refractivity contribution in [1.82, 2.24) is 19.6 Å². The minimum absolute atomic E-state index is 0.406. The van der Waals surface area contributed by atoms with Gasteiger partial charge in [0, 0.05) is 24.1 Å².